The van der Waals surface area contributed by atoms with Gasteiger partial charge in [0.15, 0.2) is 11.4 Å². The van der Waals surface area contributed by atoms with Gasteiger partial charge >= 0.3 is 5.69 Å². The fraction of sp³-hybridized carbons (Fsp3) is 0.523. The number of carbonyl (C=O) groups excluding carboxylic acids is 3. The molecular formula is C44H51F2N9O6. The number of imide groups is 1. The van der Waals surface area contributed by atoms with Gasteiger partial charge in [-0.05, 0) is 119 Å². The monoisotopic (exact) mass is 839 g/mol. The van der Waals surface area contributed by atoms with Crippen molar-refractivity contribution in [3.63, 3.8) is 0 Å². The number of oxazole rings is 1. The fourth-order valence-corrected chi connectivity index (χ4v) is 9.36. The number of aryl methyl sites for hydroxylation is 2. The summed E-state index contributed by atoms with van der Waals surface area (Å²) in [7, 11) is 1.72. The quantitative estimate of drug-likeness (QED) is 0.0684. The molecule has 61 heavy (non-hydrogen) atoms. The van der Waals surface area contributed by atoms with Gasteiger partial charge in [-0.2, -0.15) is 5.10 Å². The van der Waals surface area contributed by atoms with Gasteiger partial charge in [-0.1, -0.05) is 12.1 Å². The molecule has 1 atom stereocenters. The van der Waals surface area contributed by atoms with E-state index in [9.17, 15) is 28.0 Å². The lowest BCUT2D eigenvalue weighted by molar-refractivity contribution is -0.135. The number of nitrogens with one attached hydrogen (secondary N) is 3. The largest absolute Gasteiger partial charge is 0.444 e. The molecular weight excluding hydrogens is 789 g/mol. The molecule has 3 N–H and O–H groups in total. The first-order chi connectivity index (χ1) is 29.6. The lowest BCUT2D eigenvalue weighted by atomic mass is 9.72. The van der Waals surface area contributed by atoms with Gasteiger partial charge in [0.25, 0.3) is 12.3 Å². The summed E-state index contributed by atoms with van der Waals surface area (Å²) in [6.07, 6.45) is 12.9. The minimum Gasteiger partial charge on any atom is -0.444 e. The maximum Gasteiger partial charge on any atom is 0.329 e. The Hall–Kier alpha value is -5.71. The number of anilines is 2. The highest BCUT2D eigenvalue weighted by Gasteiger charge is 2.35. The number of hydrogen-bond donors (Lipinski definition) is 3. The van der Waals surface area contributed by atoms with Crippen molar-refractivity contribution in [1.29, 1.82) is 0 Å². The number of hydrogen-bond acceptors (Lipinski definition) is 10. The topological polar surface area (TPSA) is 180 Å². The zero-order chi connectivity index (χ0) is 42.2. The van der Waals surface area contributed by atoms with Crippen LogP contribution in [0.5, 0.6) is 0 Å². The predicted octanol–water partition coefficient (Wildman–Crippen LogP) is 7.13. The third-order valence-electron chi connectivity index (χ3n) is 12.9. The van der Waals surface area contributed by atoms with E-state index in [1.807, 2.05) is 18.2 Å². The number of nitrogens with zero attached hydrogens (tertiary/aromatic N) is 6. The summed E-state index contributed by atoms with van der Waals surface area (Å²) in [5.41, 5.74) is 2.36. The van der Waals surface area contributed by atoms with E-state index < -0.39 is 30.0 Å². The normalized spacial score (nSPS) is 23.0. The van der Waals surface area contributed by atoms with E-state index in [0.29, 0.717) is 47.7 Å². The molecule has 17 heteroatoms. The highest BCUT2D eigenvalue weighted by molar-refractivity contribution is 6.03. The summed E-state index contributed by atoms with van der Waals surface area (Å²) in [6, 6.07) is 8.55. The summed E-state index contributed by atoms with van der Waals surface area (Å²) in [5.74, 6) is 1.32. The van der Waals surface area contributed by atoms with Gasteiger partial charge < -0.3 is 19.8 Å². The van der Waals surface area contributed by atoms with E-state index in [1.165, 1.54) is 29.9 Å². The minimum absolute atomic E-state index is 0.0279. The van der Waals surface area contributed by atoms with Gasteiger partial charge in [0.2, 0.25) is 17.7 Å². The van der Waals surface area contributed by atoms with E-state index >= 15 is 0 Å². The number of benzene rings is 1. The van der Waals surface area contributed by atoms with Gasteiger partial charge in [-0.15, -0.1) is 0 Å². The van der Waals surface area contributed by atoms with E-state index in [2.05, 4.69) is 31.0 Å². The lowest BCUT2D eigenvalue weighted by Gasteiger charge is -2.39. The van der Waals surface area contributed by atoms with Gasteiger partial charge in [0.1, 0.15) is 18.1 Å². The second kappa shape index (κ2) is 17.3. The number of para-hydroxylation sites is 1. The van der Waals surface area contributed by atoms with Gasteiger partial charge in [-0.25, -0.2) is 23.5 Å². The second-order valence-electron chi connectivity index (χ2n) is 17.3. The molecule has 0 radical (unpaired) electrons. The highest BCUT2D eigenvalue weighted by Crippen LogP contribution is 2.42. The summed E-state index contributed by atoms with van der Waals surface area (Å²) in [4.78, 5) is 59.3. The van der Waals surface area contributed by atoms with E-state index in [0.717, 1.165) is 75.4 Å². The first-order valence-electron chi connectivity index (χ1n) is 21.6. The molecule has 1 aromatic carbocycles. The number of carbonyl (C=O) groups is 3. The van der Waals surface area contributed by atoms with Crippen LogP contribution < -0.4 is 21.6 Å². The molecule has 1 unspecified atom stereocenters. The van der Waals surface area contributed by atoms with Crippen LogP contribution in [0.15, 0.2) is 58.2 Å². The molecule has 1 aliphatic heterocycles. The van der Waals surface area contributed by atoms with Crippen LogP contribution in [0, 0.1) is 17.8 Å². The Morgan fingerprint density at radius 2 is 1.84 bits per heavy atom. The molecule has 4 aromatic heterocycles. The SMILES string of the molecule is Cn1c(=O)n(C2CCC(=O)NC2=O)c2cccc(CCCOC3CC(C[C@H]4CC[C@H](n5cc(NC(=O)c6coc(-c7ccnc(NCC8CC8)c7)n6)c(C(F)F)n5)CC4)C3)c21. The maximum absolute atomic E-state index is 14.1. The molecule has 0 spiro atoms. The average Bonchev–Trinajstić information content (AvgIpc) is 3.64. The molecule has 4 aliphatic rings. The van der Waals surface area contributed by atoms with Gasteiger partial charge in [0, 0.05) is 44.6 Å². The smallest absolute Gasteiger partial charge is 0.329 e. The number of amides is 3. The number of alkyl halides is 2. The average molecular weight is 840 g/mol. The standard InChI is InChI=1S/C44H51F2N9O6/c1-53-39-28(4-2-6-34(39)55(44(53)59)35-13-14-37(56)51-42(35)58)5-3-17-60-31-19-27(20-31)18-25-9-11-30(12-10-25)54-23-32(38(52-54)40(45)46)49-41(57)33-24-61-43(50-33)29-15-16-47-36(21-29)48-22-26-7-8-26/h2,4,6,15-16,21,23-27,30-31,35,40H,3,5,7-14,17-20,22H2,1H3,(H,47,48)(H,49,57)(H,51,56,58)/t25-,27?,30-,31?,35?. The van der Waals surface area contributed by atoms with Crippen LogP contribution in [-0.2, 0) is 27.8 Å². The Kier molecular flexibility index (Phi) is 11.6. The second-order valence-corrected chi connectivity index (χ2v) is 17.3. The first-order valence-corrected chi connectivity index (χ1v) is 21.6. The number of piperidine rings is 1. The van der Waals surface area contributed by atoms with E-state index in [1.54, 1.807) is 34.6 Å². The Morgan fingerprint density at radius 3 is 2.61 bits per heavy atom. The molecule has 3 saturated carbocycles. The molecule has 322 valence electrons. The third-order valence-corrected chi connectivity index (χ3v) is 12.9. The first kappa shape index (κ1) is 40.7. The van der Waals surface area contributed by atoms with Crippen molar-refractivity contribution < 1.29 is 32.3 Å². The Labute approximate surface area is 350 Å². The molecule has 5 aromatic rings. The van der Waals surface area contributed by atoms with Crippen LogP contribution in [0.4, 0.5) is 20.3 Å². The third kappa shape index (κ3) is 8.88. The van der Waals surface area contributed by atoms with Crippen molar-refractivity contribution in [3.8, 4) is 11.5 Å². The summed E-state index contributed by atoms with van der Waals surface area (Å²) in [6.45, 7) is 1.46. The molecule has 0 bridgehead atoms. The fourth-order valence-electron chi connectivity index (χ4n) is 9.36. The predicted molar refractivity (Wildman–Crippen MR) is 221 cm³/mol. The number of halogens is 2. The van der Waals surface area contributed by atoms with Crippen molar-refractivity contribution in [3.05, 3.63) is 76.4 Å². The van der Waals surface area contributed by atoms with Crippen LogP contribution in [0.1, 0.15) is 117 Å². The molecule has 3 amide bonds. The number of imidazole rings is 1. The van der Waals surface area contributed by atoms with Crippen LogP contribution in [0.2, 0.25) is 0 Å². The Morgan fingerprint density at radius 1 is 1.03 bits per heavy atom. The van der Waals surface area contributed by atoms with Crippen molar-refractivity contribution in [2.24, 2.45) is 24.8 Å². The van der Waals surface area contributed by atoms with Crippen LogP contribution in [0.3, 0.4) is 0 Å². The zero-order valence-corrected chi connectivity index (χ0v) is 34.2. The molecule has 1 saturated heterocycles. The summed E-state index contributed by atoms with van der Waals surface area (Å²) >= 11 is 0. The number of fused-ring (bicyclic) bond motifs is 1. The number of rotatable bonds is 16. The maximum atomic E-state index is 14.1. The van der Waals surface area contributed by atoms with Crippen molar-refractivity contribution in [2.45, 2.75) is 108 Å². The zero-order valence-electron chi connectivity index (χ0n) is 34.2. The Balaban J connectivity index is 0.716. The van der Waals surface area contributed by atoms with Crippen molar-refractivity contribution in [1.82, 2.24) is 34.2 Å². The molecule has 5 heterocycles. The summed E-state index contributed by atoms with van der Waals surface area (Å²) in [5, 5.41) is 12.5. The van der Waals surface area contributed by atoms with E-state index in [4.69, 9.17) is 9.15 Å². The van der Waals surface area contributed by atoms with Crippen molar-refractivity contribution in [2.75, 3.05) is 23.8 Å². The van der Waals surface area contributed by atoms with Crippen molar-refractivity contribution >= 4 is 40.3 Å². The molecule has 3 aliphatic carbocycles. The van der Waals surface area contributed by atoms with E-state index in [-0.39, 0.29) is 47.4 Å². The molecule has 9 rings (SSSR count). The van der Waals surface area contributed by atoms with Crippen LogP contribution in [0.25, 0.3) is 22.5 Å². The highest BCUT2D eigenvalue weighted by atomic mass is 19.3. The van der Waals surface area contributed by atoms with Crippen LogP contribution in [-0.4, -0.2) is 65.9 Å². The van der Waals surface area contributed by atoms with Gasteiger partial charge in [-0.3, -0.25) is 33.5 Å². The van der Waals surface area contributed by atoms with Gasteiger partial charge in [0.05, 0.1) is 28.9 Å². The molecule has 15 nitrogen and oxygen atoms in total. The summed E-state index contributed by atoms with van der Waals surface area (Å²) < 4.78 is 44.8. The lowest BCUT2D eigenvalue weighted by Crippen LogP contribution is -2.44. The Bertz CT molecular complexity index is 2470. The minimum atomic E-state index is -2.86. The number of pyridine rings is 1. The number of ether oxygens (including phenoxy) is 1. The van der Waals surface area contributed by atoms with Crippen LogP contribution >= 0.6 is 0 Å². The number of aromatic nitrogens is 6. The molecule has 4 fully saturated rings.